The van der Waals surface area contributed by atoms with Gasteiger partial charge in [0.25, 0.3) is 0 Å². The zero-order valence-electron chi connectivity index (χ0n) is 16.4. The van der Waals surface area contributed by atoms with Crippen LogP contribution in [0.1, 0.15) is 29.2 Å². The van der Waals surface area contributed by atoms with Crippen molar-refractivity contribution in [3.63, 3.8) is 0 Å². The maximum atomic E-state index is 12.4. The zero-order chi connectivity index (χ0) is 20.6. The standard InChI is InChI=1S/C22H23N3O3S/c1-4-14-25-21(16(2)28-20-13-9-8-12-19(20)27-3)23-24-22(25)29-15-18(26)17-10-6-5-7-11-17/h4-13,16H,1,14-15H2,2-3H3. The highest BCUT2D eigenvalue weighted by Gasteiger charge is 2.21. The van der Waals surface area contributed by atoms with Crippen LogP contribution >= 0.6 is 11.8 Å². The average molecular weight is 410 g/mol. The van der Waals surface area contributed by atoms with Gasteiger partial charge in [-0.3, -0.25) is 9.36 Å². The van der Waals surface area contributed by atoms with Gasteiger partial charge in [-0.25, -0.2) is 0 Å². The predicted octanol–water partition coefficient (Wildman–Crippen LogP) is 4.59. The van der Waals surface area contributed by atoms with Gasteiger partial charge in [0.1, 0.15) is 0 Å². The highest BCUT2D eigenvalue weighted by molar-refractivity contribution is 7.99. The van der Waals surface area contributed by atoms with Crippen LogP contribution in [0.5, 0.6) is 11.5 Å². The molecule has 29 heavy (non-hydrogen) atoms. The third-order valence-electron chi connectivity index (χ3n) is 4.22. The molecule has 150 valence electrons. The van der Waals surface area contributed by atoms with Gasteiger partial charge < -0.3 is 9.47 Å². The molecule has 1 aromatic heterocycles. The van der Waals surface area contributed by atoms with Crippen molar-refractivity contribution in [1.29, 1.82) is 0 Å². The van der Waals surface area contributed by atoms with E-state index in [0.29, 0.717) is 34.6 Å². The Morgan fingerprint density at radius 1 is 1.14 bits per heavy atom. The molecule has 1 atom stereocenters. The summed E-state index contributed by atoms with van der Waals surface area (Å²) in [6.45, 7) is 6.24. The number of nitrogens with zero attached hydrogens (tertiary/aromatic N) is 3. The fraction of sp³-hybridized carbons (Fsp3) is 0.227. The van der Waals surface area contributed by atoms with Crippen molar-refractivity contribution in [2.24, 2.45) is 0 Å². The number of ketones is 1. The lowest BCUT2D eigenvalue weighted by atomic mass is 10.2. The minimum atomic E-state index is -0.363. The molecule has 0 saturated carbocycles. The zero-order valence-corrected chi connectivity index (χ0v) is 17.3. The third kappa shape index (κ3) is 5.06. The Morgan fingerprint density at radius 3 is 2.52 bits per heavy atom. The predicted molar refractivity (Wildman–Crippen MR) is 114 cm³/mol. The van der Waals surface area contributed by atoms with E-state index >= 15 is 0 Å². The van der Waals surface area contributed by atoms with E-state index in [1.54, 1.807) is 13.2 Å². The summed E-state index contributed by atoms with van der Waals surface area (Å²) in [6, 6.07) is 16.7. The lowest BCUT2D eigenvalue weighted by Gasteiger charge is -2.17. The van der Waals surface area contributed by atoms with Crippen LogP contribution in [0.3, 0.4) is 0 Å². The van der Waals surface area contributed by atoms with Crippen LogP contribution in [0, 0.1) is 0 Å². The number of carbonyl (C=O) groups excluding carboxylic acids is 1. The van der Waals surface area contributed by atoms with Gasteiger partial charge in [-0.2, -0.15) is 0 Å². The van der Waals surface area contributed by atoms with Gasteiger partial charge >= 0.3 is 0 Å². The van der Waals surface area contributed by atoms with Crippen LogP contribution < -0.4 is 9.47 Å². The number of thioether (sulfide) groups is 1. The molecule has 3 rings (SSSR count). The number of rotatable bonds is 10. The maximum absolute atomic E-state index is 12.4. The van der Waals surface area contributed by atoms with Crippen LogP contribution in [0.25, 0.3) is 0 Å². The van der Waals surface area contributed by atoms with Crippen molar-refractivity contribution in [2.45, 2.75) is 24.7 Å². The summed E-state index contributed by atoms with van der Waals surface area (Å²) in [5.74, 6) is 2.26. The first-order valence-electron chi connectivity index (χ1n) is 9.18. The van der Waals surface area contributed by atoms with E-state index in [9.17, 15) is 4.79 Å². The van der Waals surface area contributed by atoms with Gasteiger partial charge in [-0.05, 0) is 19.1 Å². The minimum Gasteiger partial charge on any atom is -0.493 e. The highest BCUT2D eigenvalue weighted by Crippen LogP contribution is 2.31. The van der Waals surface area contributed by atoms with E-state index in [-0.39, 0.29) is 17.6 Å². The second kappa shape index (κ2) is 9.93. The summed E-state index contributed by atoms with van der Waals surface area (Å²) in [5, 5.41) is 9.23. The second-order valence-corrected chi connectivity index (χ2v) is 7.17. The van der Waals surface area contributed by atoms with E-state index in [2.05, 4.69) is 16.8 Å². The maximum Gasteiger partial charge on any atom is 0.192 e. The molecule has 1 heterocycles. The third-order valence-corrected chi connectivity index (χ3v) is 5.19. The number of Topliss-reactive ketones (excluding diaryl/α,β-unsaturated/α-hetero) is 1. The lowest BCUT2D eigenvalue weighted by Crippen LogP contribution is -2.13. The normalized spacial score (nSPS) is 11.7. The summed E-state index contributed by atoms with van der Waals surface area (Å²) in [7, 11) is 1.60. The molecule has 6 nitrogen and oxygen atoms in total. The number of hydrogen-bond donors (Lipinski definition) is 0. The minimum absolute atomic E-state index is 0.0450. The second-order valence-electron chi connectivity index (χ2n) is 6.23. The van der Waals surface area contributed by atoms with Crippen molar-refractivity contribution < 1.29 is 14.3 Å². The number of para-hydroxylation sites is 2. The Labute approximate surface area is 174 Å². The summed E-state index contributed by atoms with van der Waals surface area (Å²) in [4.78, 5) is 12.4. The number of aromatic nitrogens is 3. The molecule has 0 aliphatic rings. The van der Waals surface area contributed by atoms with Gasteiger partial charge in [0.2, 0.25) is 0 Å². The summed E-state index contributed by atoms with van der Waals surface area (Å²) in [5.41, 5.74) is 0.683. The highest BCUT2D eigenvalue weighted by atomic mass is 32.2. The average Bonchev–Trinajstić information content (AvgIpc) is 3.16. The van der Waals surface area contributed by atoms with Crippen LogP contribution in [0.2, 0.25) is 0 Å². The number of methoxy groups -OCH3 is 1. The van der Waals surface area contributed by atoms with Gasteiger partial charge in [0, 0.05) is 12.1 Å². The largest absolute Gasteiger partial charge is 0.493 e. The van der Waals surface area contributed by atoms with E-state index < -0.39 is 0 Å². The topological polar surface area (TPSA) is 66.2 Å². The SMILES string of the molecule is C=CCn1c(SCC(=O)c2ccccc2)nnc1C(C)Oc1ccccc1OC. The molecule has 1 unspecified atom stereocenters. The molecule has 0 saturated heterocycles. The van der Waals surface area contributed by atoms with Crippen molar-refractivity contribution in [1.82, 2.24) is 14.8 Å². The van der Waals surface area contributed by atoms with E-state index in [1.165, 1.54) is 11.8 Å². The molecule has 0 N–H and O–H groups in total. The summed E-state index contributed by atoms with van der Waals surface area (Å²) >= 11 is 1.35. The first-order valence-corrected chi connectivity index (χ1v) is 10.2. The molecular weight excluding hydrogens is 386 g/mol. The molecule has 2 aromatic carbocycles. The fourth-order valence-corrected chi connectivity index (χ4v) is 3.65. The Bertz CT molecular complexity index is 972. The van der Waals surface area contributed by atoms with E-state index in [0.717, 1.165) is 0 Å². The molecule has 0 spiro atoms. The molecule has 7 heteroatoms. The number of ether oxygens (including phenoxy) is 2. The van der Waals surface area contributed by atoms with Gasteiger partial charge in [0.05, 0.1) is 12.9 Å². The molecule has 3 aromatic rings. The molecule has 0 fully saturated rings. The van der Waals surface area contributed by atoms with Crippen molar-refractivity contribution in [3.8, 4) is 11.5 Å². The number of hydrogen-bond acceptors (Lipinski definition) is 6. The van der Waals surface area contributed by atoms with Gasteiger partial charge in [-0.15, -0.1) is 16.8 Å². The Morgan fingerprint density at radius 2 is 1.83 bits per heavy atom. The smallest absolute Gasteiger partial charge is 0.192 e. The van der Waals surface area contributed by atoms with Crippen LogP contribution in [-0.2, 0) is 6.54 Å². The molecule has 0 aliphatic heterocycles. The Kier molecular flexibility index (Phi) is 7.08. The monoisotopic (exact) mass is 409 g/mol. The lowest BCUT2D eigenvalue weighted by molar-refractivity contribution is 0.102. The van der Waals surface area contributed by atoms with Gasteiger partial charge in [-0.1, -0.05) is 60.3 Å². The summed E-state index contributed by atoms with van der Waals surface area (Å²) < 4.78 is 13.3. The van der Waals surface area contributed by atoms with Crippen molar-refractivity contribution in [3.05, 3.63) is 78.6 Å². The summed E-state index contributed by atoms with van der Waals surface area (Å²) in [6.07, 6.45) is 1.41. The Balaban J connectivity index is 1.75. The first kappa shape index (κ1) is 20.7. The first-order chi connectivity index (χ1) is 14.1. The van der Waals surface area contributed by atoms with Gasteiger partial charge in [0.15, 0.2) is 34.4 Å². The van der Waals surface area contributed by atoms with Crippen LogP contribution in [0.15, 0.2) is 72.4 Å². The quantitative estimate of drug-likeness (QED) is 0.277. The van der Waals surface area contributed by atoms with E-state index in [1.807, 2.05) is 66.1 Å². The number of allylic oxidation sites excluding steroid dienone is 1. The molecule has 0 aliphatic carbocycles. The molecule has 0 bridgehead atoms. The van der Waals surface area contributed by atoms with E-state index in [4.69, 9.17) is 9.47 Å². The van der Waals surface area contributed by atoms with Crippen molar-refractivity contribution in [2.75, 3.05) is 12.9 Å². The van der Waals surface area contributed by atoms with Crippen molar-refractivity contribution >= 4 is 17.5 Å². The number of benzene rings is 2. The Hall–Kier alpha value is -3.06. The fourth-order valence-electron chi connectivity index (χ4n) is 2.81. The van der Waals surface area contributed by atoms with Crippen LogP contribution in [-0.4, -0.2) is 33.4 Å². The van der Waals surface area contributed by atoms with Crippen LogP contribution in [0.4, 0.5) is 0 Å². The molecule has 0 amide bonds. The molecule has 0 radical (unpaired) electrons. The molecular formula is C22H23N3O3S. The number of carbonyl (C=O) groups is 1.